The van der Waals surface area contributed by atoms with Gasteiger partial charge in [0.25, 0.3) is 0 Å². The van der Waals surface area contributed by atoms with Gasteiger partial charge in [-0.05, 0) is 0 Å². The van der Waals surface area contributed by atoms with Gasteiger partial charge < -0.3 is 0 Å². The molecular weight excluding hydrogens is 194 g/mol. The summed E-state index contributed by atoms with van der Waals surface area (Å²) in [4.78, 5) is 13.9. The first-order valence-corrected chi connectivity index (χ1v) is 6.34. The number of hydrogen-bond acceptors (Lipinski definition) is 3. The number of thioether (sulfide) groups is 1. The molecule has 1 aliphatic rings. The van der Waals surface area contributed by atoms with E-state index in [2.05, 4.69) is 18.7 Å². The average molecular weight is 215 g/mol. The molecule has 0 aromatic carbocycles. The molecule has 0 N–H and O–H groups in total. The maximum Gasteiger partial charge on any atom is 0.149 e. The van der Waals surface area contributed by atoms with Crippen LogP contribution in [-0.4, -0.2) is 40.8 Å². The third-order valence-corrected chi connectivity index (χ3v) is 3.75. The minimum absolute atomic E-state index is 0.176. The Labute approximate surface area is 91.4 Å². The van der Waals surface area contributed by atoms with E-state index in [0.717, 1.165) is 13.1 Å². The summed E-state index contributed by atoms with van der Waals surface area (Å²) in [6, 6.07) is 0. The summed E-state index contributed by atoms with van der Waals surface area (Å²) >= 11 is 2.03. The minimum Gasteiger partial charge on any atom is -0.298 e. The van der Waals surface area contributed by atoms with E-state index in [-0.39, 0.29) is 5.92 Å². The molecule has 82 valence electrons. The van der Waals surface area contributed by atoms with E-state index in [1.165, 1.54) is 0 Å². The van der Waals surface area contributed by atoms with Gasteiger partial charge in [0.05, 0.1) is 6.54 Å². The van der Waals surface area contributed by atoms with Gasteiger partial charge in [-0.3, -0.25) is 9.69 Å². The monoisotopic (exact) mass is 215 g/mol. The summed E-state index contributed by atoms with van der Waals surface area (Å²) in [5, 5.41) is 1.33. The molecule has 0 aromatic rings. The molecule has 0 radical (unpaired) electrons. The molecule has 1 fully saturated rings. The Morgan fingerprint density at radius 1 is 1.36 bits per heavy atom. The molecule has 3 heteroatoms. The molecule has 0 saturated carbocycles. The molecule has 0 bridgehead atoms. The first-order valence-electron chi connectivity index (χ1n) is 5.39. The highest BCUT2D eigenvalue weighted by Gasteiger charge is 2.24. The fourth-order valence-corrected chi connectivity index (χ4v) is 3.20. The van der Waals surface area contributed by atoms with E-state index in [0.29, 0.717) is 22.8 Å². The Kier molecular flexibility index (Phi) is 4.45. The van der Waals surface area contributed by atoms with Crippen LogP contribution in [0.3, 0.4) is 0 Å². The lowest BCUT2D eigenvalue weighted by Gasteiger charge is -2.34. The lowest BCUT2D eigenvalue weighted by atomic mass is 10.1. The van der Waals surface area contributed by atoms with Crippen molar-refractivity contribution < 1.29 is 4.79 Å². The van der Waals surface area contributed by atoms with E-state index in [1.54, 1.807) is 0 Å². The Hall–Kier alpha value is -0.0200. The van der Waals surface area contributed by atoms with Crippen LogP contribution in [0.2, 0.25) is 0 Å². The number of ketones is 1. The molecule has 1 rings (SSSR count). The van der Waals surface area contributed by atoms with Crippen molar-refractivity contribution in [1.82, 2.24) is 4.90 Å². The lowest BCUT2D eigenvalue weighted by molar-refractivity contribution is -0.123. The summed E-state index contributed by atoms with van der Waals surface area (Å²) in [5.41, 5.74) is 0. The van der Waals surface area contributed by atoms with Crippen molar-refractivity contribution in [3.05, 3.63) is 0 Å². The van der Waals surface area contributed by atoms with Crippen LogP contribution in [0.15, 0.2) is 0 Å². The van der Waals surface area contributed by atoms with Crippen LogP contribution in [-0.2, 0) is 4.79 Å². The predicted octanol–water partition coefficient (Wildman–Crippen LogP) is 2.04. The van der Waals surface area contributed by atoms with Gasteiger partial charge in [0.2, 0.25) is 0 Å². The van der Waals surface area contributed by atoms with Crippen LogP contribution < -0.4 is 0 Å². The Morgan fingerprint density at radius 3 is 2.29 bits per heavy atom. The zero-order chi connectivity index (χ0) is 10.7. The average Bonchev–Trinajstić information content (AvgIpc) is 2.01. The van der Waals surface area contributed by atoms with E-state index < -0.39 is 0 Å². The van der Waals surface area contributed by atoms with Crippen LogP contribution in [0, 0.1) is 5.92 Å². The SMILES string of the molecule is CC1CN(CC(=O)C(C)C)CC(C)S1. The standard InChI is InChI=1S/C11H21NOS/c1-8(2)11(13)7-12-5-9(3)14-10(4)6-12/h8-10H,5-7H2,1-4H3. The van der Waals surface area contributed by atoms with Gasteiger partial charge in [-0.1, -0.05) is 27.7 Å². The molecule has 2 unspecified atom stereocenters. The van der Waals surface area contributed by atoms with Gasteiger partial charge in [0, 0.05) is 29.5 Å². The van der Waals surface area contributed by atoms with Crippen LogP contribution in [0.25, 0.3) is 0 Å². The first-order chi connectivity index (χ1) is 6.49. The Balaban J connectivity index is 2.40. The second kappa shape index (κ2) is 5.17. The number of hydrogen-bond donors (Lipinski definition) is 0. The number of nitrogens with zero attached hydrogens (tertiary/aromatic N) is 1. The molecular formula is C11H21NOS. The normalized spacial score (nSPS) is 29.5. The molecule has 1 aliphatic heterocycles. The van der Waals surface area contributed by atoms with Gasteiger partial charge in [-0.2, -0.15) is 11.8 Å². The molecule has 0 spiro atoms. The molecule has 14 heavy (non-hydrogen) atoms. The van der Waals surface area contributed by atoms with Crippen molar-refractivity contribution in [2.75, 3.05) is 19.6 Å². The van der Waals surface area contributed by atoms with Crippen LogP contribution >= 0.6 is 11.8 Å². The van der Waals surface area contributed by atoms with Gasteiger partial charge in [-0.25, -0.2) is 0 Å². The van der Waals surface area contributed by atoms with Crippen LogP contribution in [0.1, 0.15) is 27.7 Å². The summed E-state index contributed by atoms with van der Waals surface area (Å²) in [6.45, 7) is 11.2. The summed E-state index contributed by atoms with van der Waals surface area (Å²) < 4.78 is 0. The third kappa shape index (κ3) is 3.62. The first kappa shape index (κ1) is 12.1. The largest absolute Gasteiger partial charge is 0.298 e. The van der Waals surface area contributed by atoms with Crippen molar-refractivity contribution in [3.63, 3.8) is 0 Å². The summed E-state index contributed by atoms with van der Waals surface area (Å²) in [6.07, 6.45) is 0. The molecule has 0 aliphatic carbocycles. The fourth-order valence-electron chi connectivity index (χ4n) is 1.82. The topological polar surface area (TPSA) is 20.3 Å². The van der Waals surface area contributed by atoms with Crippen LogP contribution in [0.4, 0.5) is 0 Å². The van der Waals surface area contributed by atoms with Gasteiger partial charge >= 0.3 is 0 Å². The van der Waals surface area contributed by atoms with E-state index in [1.807, 2.05) is 25.6 Å². The molecule has 0 amide bonds. The zero-order valence-electron chi connectivity index (χ0n) is 9.62. The Bertz CT molecular complexity index is 195. The van der Waals surface area contributed by atoms with Crippen LogP contribution in [0.5, 0.6) is 0 Å². The lowest BCUT2D eigenvalue weighted by Crippen LogP contribution is -2.43. The van der Waals surface area contributed by atoms with Gasteiger partial charge in [0.15, 0.2) is 0 Å². The van der Waals surface area contributed by atoms with Gasteiger partial charge in [0.1, 0.15) is 5.78 Å². The fraction of sp³-hybridized carbons (Fsp3) is 0.909. The predicted molar refractivity (Wildman–Crippen MR) is 62.8 cm³/mol. The molecule has 0 aromatic heterocycles. The van der Waals surface area contributed by atoms with E-state index in [4.69, 9.17) is 0 Å². The molecule has 1 saturated heterocycles. The zero-order valence-corrected chi connectivity index (χ0v) is 10.4. The molecule has 1 heterocycles. The number of Topliss-reactive ketones (excluding diaryl/α,β-unsaturated/α-hetero) is 1. The quantitative estimate of drug-likeness (QED) is 0.718. The third-order valence-electron chi connectivity index (χ3n) is 2.52. The second-order valence-electron chi connectivity index (χ2n) is 4.57. The molecule has 2 atom stereocenters. The summed E-state index contributed by atoms with van der Waals surface area (Å²) in [7, 11) is 0. The number of rotatable bonds is 3. The Morgan fingerprint density at radius 2 is 1.86 bits per heavy atom. The van der Waals surface area contributed by atoms with Crippen molar-refractivity contribution in [1.29, 1.82) is 0 Å². The highest BCUT2D eigenvalue weighted by Crippen LogP contribution is 2.24. The maximum atomic E-state index is 11.6. The highest BCUT2D eigenvalue weighted by molar-refractivity contribution is 8.00. The van der Waals surface area contributed by atoms with Crippen molar-refractivity contribution in [3.8, 4) is 0 Å². The maximum absolute atomic E-state index is 11.6. The smallest absolute Gasteiger partial charge is 0.149 e. The van der Waals surface area contributed by atoms with Crippen molar-refractivity contribution in [2.24, 2.45) is 5.92 Å². The van der Waals surface area contributed by atoms with Crippen molar-refractivity contribution >= 4 is 17.5 Å². The number of carbonyl (C=O) groups is 1. The number of carbonyl (C=O) groups excluding carboxylic acids is 1. The minimum atomic E-state index is 0.176. The van der Waals surface area contributed by atoms with Crippen molar-refractivity contribution in [2.45, 2.75) is 38.2 Å². The summed E-state index contributed by atoms with van der Waals surface area (Å²) in [5.74, 6) is 0.548. The van der Waals surface area contributed by atoms with E-state index in [9.17, 15) is 4.79 Å². The molecule has 2 nitrogen and oxygen atoms in total. The highest BCUT2D eigenvalue weighted by atomic mass is 32.2. The van der Waals surface area contributed by atoms with E-state index >= 15 is 0 Å². The second-order valence-corrected chi connectivity index (χ2v) is 6.45. The van der Waals surface area contributed by atoms with Gasteiger partial charge in [-0.15, -0.1) is 0 Å².